The fourth-order valence-electron chi connectivity index (χ4n) is 1.50. The van der Waals surface area contributed by atoms with Gasteiger partial charge in [0.15, 0.2) is 0 Å². The van der Waals surface area contributed by atoms with Gasteiger partial charge in [0.2, 0.25) is 0 Å². The number of hydrogen-bond acceptors (Lipinski definition) is 4. The zero-order chi connectivity index (χ0) is 11.5. The molecule has 5 heteroatoms. The molecule has 0 saturated heterocycles. The first kappa shape index (κ1) is 10.4. The summed E-state index contributed by atoms with van der Waals surface area (Å²) in [6, 6.07) is 6.03. The van der Waals surface area contributed by atoms with E-state index >= 15 is 0 Å². The standard InChI is InChI=1S/C11H9NO4/c13-6-8-1-2-10(12(14)15)5-11(8)9-3-4-16-7-9/h1-5,7,13H,6H2. The zero-order valence-corrected chi connectivity index (χ0v) is 8.29. The Morgan fingerprint density at radius 2 is 2.19 bits per heavy atom. The van der Waals surface area contributed by atoms with E-state index in [0.717, 1.165) is 0 Å². The predicted octanol–water partition coefficient (Wildman–Crippen LogP) is 2.35. The number of non-ortho nitro benzene ring substituents is 1. The SMILES string of the molecule is O=[N+]([O-])c1ccc(CO)c(-c2ccoc2)c1. The van der Waals surface area contributed by atoms with E-state index in [9.17, 15) is 10.1 Å². The van der Waals surface area contributed by atoms with E-state index in [1.807, 2.05) is 0 Å². The number of hydrogen-bond donors (Lipinski definition) is 1. The molecule has 0 aliphatic rings. The summed E-state index contributed by atoms with van der Waals surface area (Å²) in [5.41, 5.74) is 1.96. The van der Waals surface area contributed by atoms with Crippen LogP contribution in [0.2, 0.25) is 0 Å². The topological polar surface area (TPSA) is 76.5 Å². The molecule has 0 fully saturated rings. The third-order valence-corrected chi connectivity index (χ3v) is 2.31. The van der Waals surface area contributed by atoms with E-state index < -0.39 is 4.92 Å². The number of furan rings is 1. The van der Waals surface area contributed by atoms with Gasteiger partial charge in [-0.05, 0) is 23.3 Å². The molecule has 0 saturated carbocycles. The molecule has 0 spiro atoms. The summed E-state index contributed by atoms with van der Waals surface area (Å²) in [6.07, 6.45) is 2.97. The number of aliphatic hydroxyl groups excluding tert-OH is 1. The van der Waals surface area contributed by atoms with Crippen LogP contribution in [-0.2, 0) is 6.61 Å². The summed E-state index contributed by atoms with van der Waals surface area (Å²) < 4.78 is 4.92. The number of rotatable bonds is 3. The second-order valence-electron chi connectivity index (χ2n) is 3.27. The molecule has 82 valence electrons. The number of aliphatic hydroxyl groups is 1. The first-order valence-electron chi connectivity index (χ1n) is 4.63. The monoisotopic (exact) mass is 219 g/mol. The largest absolute Gasteiger partial charge is 0.472 e. The lowest BCUT2D eigenvalue weighted by molar-refractivity contribution is -0.384. The molecular formula is C11H9NO4. The van der Waals surface area contributed by atoms with Crippen molar-refractivity contribution in [2.75, 3.05) is 0 Å². The lowest BCUT2D eigenvalue weighted by atomic mass is 10.0. The van der Waals surface area contributed by atoms with Gasteiger partial charge in [0, 0.05) is 17.7 Å². The lowest BCUT2D eigenvalue weighted by Crippen LogP contribution is -1.93. The van der Waals surface area contributed by atoms with Crippen LogP contribution in [0, 0.1) is 10.1 Å². The van der Waals surface area contributed by atoms with Crippen molar-refractivity contribution in [3.05, 3.63) is 52.5 Å². The minimum atomic E-state index is -0.468. The lowest BCUT2D eigenvalue weighted by Gasteiger charge is -2.04. The number of nitro benzene ring substituents is 1. The first-order valence-corrected chi connectivity index (χ1v) is 4.63. The van der Waals surface area contributed by atoms with Gasteiger partial charge in [0.05, 0.1) is 24.1 Å². The van der Waals surface area contributed by atoms with Gasteiger partial charge in [0.1, 0.15) is 0 Å². The highest BCUT2D eigenvalue weighted by atomic mass is 16.6. The van der Waals surface area contributed by atoms with Gasteiger partial charge in [-0.25, -0.2) is 0 Å². The van der Waals surface area contributed by atoms with E-state index in [4.69, 9.17) is 9.52 Å². The van der Waals surface area contributed by atoms with Crippen molar-refractivity contribution in [1.29, 1.82) is 0 Å². The van der Waals surface area contributed by atoms with Crippen LogP contribution >= 0.6 is 0 Å². The molecule has 0 aliphatic carbocycles. The molecule has 2 rings (SSSR count). The second-order valence-corrected chi connectivity index (χ2v) is 3.27. The van der Waals surface area contributed by atoms with Gasteiger partial charge >= 0.3 is 0 Å². The smallest absolute Gasteiger partial charge is 0.270 e. The van der Waals surface area contributed by atoms with Crippen LogP contribution in [0.4, 0.5) is 5.69 Å². The average molecular weight is 219 g/mol. The van der Waals surface area contributed by atoms with Gasteiger partial charge in [-0.15, -0.1) is 0 Å². The van der Waals surface area contributed by atoms with Gasteiger partial charge in [-0.3, -0.25) is 10.1 Å². The molecule has 1 aromatic carbocycles. The van der Waals surface area contributed by atoms with E-state index in [1.165, 1.54) is 24.7 Å². The molecule has 0 bridgehead atoms. The molecule has 2 aromatic rings. The summed E-state index contributed by atoms with van der Waals surface area (Å²) in [6.45, 7) is -0.168. The second kappa shape index (κ2) is 4.16. The minimum absolute atomic E-state index is 0.00611. The third kappa shape index (κ3) is 1.80. The maximum atomic E-state index is 10.6. The Labute approximate surface area is 91.1 Å². The molecule has 1 aromatic heterocycles. The quantitative estimate of drug-likeness (QED) is 0.634. The number of nitro groups is 1. The average Bonchev–Trinajstić information content (AvgIpc) is 2.81. The normalized spacial score (nSPS) is 10.3. The Hall–Kier alpha value is -2.14. The van der Waals surface area contributed by atoms with Crippen LogP contribution in [0.15, 0.2) is 41.2 Å². The zero-order valence-electron chi connectivity index (χ0n) is 8.29. The molecule has 0 amide bonds. The van der Waals surface area contributed by atoms with E-state index in [2.05, 4.69) is 0 Å². The molecule has 0 radical (unpaired) electrons. The van der Waals surface area contributed by atoms with E-state index in [0.29, 0.717) is 16.7 Å². The molecule has 1 heterocycles. The van der Waals surface area contributed by atoms with Crippen LogP contribution in [0.25, 0.3) is 11.1 Å². The minimum Gasteiger partial charge on any atom is -0.472 e. The molecule has 5 nitrogen and oxygen atoms in total. The predicted molar refractivity (Wildman–Crippen MR) is 56.7 cm³/mol. The fraction of sp³-hybridized carbons (Fsp3) is 0.0909. The van der Waals surface area contributed by atoms with Crippen LogP contribution in [0.1, 0.15) is 5.56 Å². The molecular weight excluding hydrogens is 210 g/mol. The molecule has 0 atom stereocenters. The van der Waals surface area contributed by atoms with Crippen LogP contribution < -0.4 is 0 Å². The summed E-state index contributed by atoms with van der Waals surface area (Å²) in [5, 5.41) is 19.8. The molecule has 0 unspecified atom stereocenters. The summed E-state index contributed by atoms with van der Waals surface area (Å²) in [5.74, 6) is 0. The summed E-state index contributed by atoms with van der Waals surface area (Å²) in [4.78, 5) is 10.2. The maximum Gasteiger partial charge on any atom is 0.270 e. The Kier molecular flexibility index (Phi) is 2.70. The Balaban J connectivity index is 2.56. The Morgan fingerprint density at radius 1 is 1.38 bits per heavy atom. The number of benzene rings is 1. The van der Waals surface area contributed by atoms with Crippen molar-refractivity contribution >= 4 is 5.69 Å². The molecule has 16 heavy (non-hydrogen) atoms. The maximum absolute atomic E-state index is 10.6. The van der Waals surface area contributed by atoms with Crippen molar-refractivity contribution in [3.8, 4) is 11.1 Å². The summed E-state index contributed by atoms with van der Waals surface area (Å²) >= 11 is 0. The van der Waals surface area contributed by atoms with E-state index in [-0.39, 0.29) is 12.3 Å². The highest BCUT2D eigenvalue weighted by Gasteiger charge is 2.12. The van der Waals surface area contributed by atoms with Crippen molar-refractivity contribution < 1.29 is 14.4 Å². The molecule has 1 N–H and O–H groups in total. The Morgan fingerprint density at radius 3 is 2.75 bits per heavy atom. The fourth-order valence-corrected chi connectivity index (χ4v) is 1.50. The van der Waals surface area contributed by atoms with Crippen molar-refractivity contribution in [3.63, 3.8) is 0 Å². The summed E-state index contributed by atoms with van der Waals surface area (Å²) in [7, 11) is 0. The third-order valence-electron chi connectivity index (χ3n) is 2.31. The Bertz CT molecular complexity index is 505. The van der Waals surface area contributed by atoms with Gasteiger partial charge in [0.25, 0.3) is 5.69 Å². The van der Waals surface area contributed by atoms with Crippen molar-refractivity contribution in [1.82, 2.24) is 0 Å². The number of nitrogens with zero attached hydrogens (tertiary/aromatic N) is 1. The highest BCUT2D eigenvalue weighted by molar-refractivity contribution is 5.68. The highest BCUT2D eigenvalue weighted by Crippen LogP contribution is 2.28. The van der Waals surface area contributed by atoms with Gasteiger partial charge in [-0.2, -0.15) is 0 Å². The van der Waals surface area contributed by atoms with Crippen molar-refractivity contribution in [2.24, 2.45) is 0 Å². The van der Waals surface area contributed by atoms with Gasteiger partial charge < -0.3 is 9.52 Å². The van der Waals surface area contributed by atoms with Gasteiger partial charge in [-0.1, -0.05) is 0 Å². The van der Waals surface area contributed by atoms with Crippen LogP contribution in [0.3, 0.4) is 0 Å². The molecule has 0 aliphatic heterocycles. The first-order chi connectivity index (χ1) is 7.72. The van der Waals surface area contributed by atoms with E-state index in [1.54, 1.807) is 12.1 Å². The van der Waals surface area contributed by atoms with Crippen LogP contribution in [-0.4, -0.2) is 10.0 Å². The van der Waals surface area contributed by atoms with Crippen LogP contribution in [0.5, 0.6) is 0 Å². The van der Waals surface area contributed by atoms with Crippen molar-refractivity contribution in [2.45, 2.75) is 6.61 Å².